The maximum absolute atomic E-state index is 12.0. The van der Waals surface area contributed by atoms with Crippen LogP contribution >= 0.6 is 31.9 Å². The van der Waals surface area contributed by atoms with Gasteiger partial charge in [-0.3, -0.25) is 9.78 Å². The zero-order valence-corrected chi connectivity index (χ0v) is 12.5. The molecule has 0 aliphatic rings. The van der Waals surface area contributed by atoms with Crippen LogP contribution in [0.15, 0.2) is 51.5 Å². The van der Waals surface area contributed by atoms with Gasteiger partial charge in [0.15, 0.2) is 0 Å². The number of hydrogen-bond acceptors (Lipinski definition) is 2. The minimum atomic E-state index is -0.131. The van der Waals surface area contributed by atoms with Crippen LogP contribution in [0.2, 0.25) is 0 Å². The van der Waals surface area contributed by atoms with E-state index in [4.69, 9.17) is 0 Å². The number of carbonyl (C=O) groups is 1. The van der Waals surface area contributed by atoms with Gasteiger partial charge in [0, 0.05) is 15.1 Å². The number of aromatic nitrogens is 1. The van der Waals surface area contributed by atoms with Crippen LogP contribution in [0.4, 0.5) is 0 Å². The largest absolute Gasteiger partial charge is 0.346 e. The third-order valence-electron chi connectivity index (χ3n) is 2.33. The molecule has 0 saturated heterocycles. The summed E-state index contributed by atoms with van der Waals surface area (Å²) in [7, 11) is 0. The van der Waals surface area contributed by atoms with Crippen molar-refractivity contribution in [3.8, 4) is 0 Å². The second kappa shape index (κ2) is 6.11. The average Bonchev–Trinajstić information content (AvgIpc) is 2.40. The van der Waals surface area contributed by atoms with Crippen molar-refractivity contribution >= 4 is 37.8 Å². The maximum Gasteiger partial charge on any atom is 0.252 e. The molecule has 0 atom stereocenters. The summed E-state index contributed by atoms with van der Waals surface area (Å²) in [6.07, 6.45) is 1.70. The highest BCUT2D eigenvalue weighted by Crippen LogP contribution is 2.21. The Morgan fingerprint density at radius 2 is 2.06 bits per heavy atom. The molecule has 1 amide bonds. The molecule has 1 heterocycles. The van der Waals surface area contributed by atoms with Crippen LogP contribution in [0.3, 0.4) is 0 Å². The van der Waals surface area contributed by atoms with Gasteiger partial charge in [0.1, 0.15) is 0 Å². The van der Waals surface area contributed by atoms with E-state index in [2.05, 4.69) is 42.2 Å². The third-order valence-corrected chi connectivity index (χ3v) is 3.51. The number of carbonyl (C=O) groups excluding carboxylic acids is 1. The van der Waals surface area contributed by atoms with Crippen LogP contribution in [-0.2, 0) is 6.54 Å². The van der Waals surface area contributed by atoms with Gasteiger partial charge in [-0.15, -0.1) is 0 Å². The maximum atomic E-state index is 12.0. The van der Waals surface area contributed by atoms with Crippen molar-refractivity contribution < 1.29 is 4.79 Å². The Kier molecular flexibility index (Phi) is 4.49. The first-order valence-electron chi connectivity index (χ1n) is 5.30. The summed E-state index contributed by atoms with van der Waals surface area (Å²) in [5, 5.41) is 2.83. The molecule has 1 N–H and O–H groups in total. The smallest absolute Gasteiger partial charge is 0.252 e. The van der Waals surface area contributed by atoms with E-state index < -0.39 is 0 Å². The molecule has 0 aliphatic heterocycles. The van der Waals surface area contributed by atoms with Gasteiger partial charge in [0.05, 0.1) is 17.8 Å². The molecular weight excluding hydrogens is 360 g/mol. The van der Waals surface area contributed by atoms with Gasteiger partial charge in [-0.25, -0.2) is 0 Å². The van der Waals surface area contributed by atoms with Gasteiger partial charge in [0.2, 0.25) is 0 Å². The Labute approximate surface area is 122 Å². The van der Waals surface area contributed by atoms with E-state index in [1.165, 1.54) is 0 Å². The monoisotopic (exact) mass is 368 g/mol. The molecule has 0 radical (unpaired) electrons. The highest BCUT2D eigenvalue weighted by Gasteiger charge is 2.10. The predicted molar refractivity (Wildman–Crippen MR) is 77.2 cm³/mol. The zero-order chi connectivity index (χ0) is 13.0. The summed E-state index contributed by atoms with van der Waals surface area (Å²) in [4.78, 5) is 16.1. The molecular formula is C13H10Br2N2O. The molecule has 0 bridgehead atoms. The van der Waals surface area contributed by atoms with E-state index in [1.54, 1.807) is 12.3 Å². The molecule has 1 aromatic heterocycles. The number of benzene rings is 1. The normalized spacial score (nSPS) is 10.1. The van der Waals surface area contributed by atoms with E-state index in [0.717, 1.165) is 14.6 Å². The van der Waals surface area contributed by atoms with Crippen molar-refractivity contribution in [1.82, 2.24) is 10.3 Å². The molecule has 2 aromatic rings. The summed E-state index contributed by atoms with van der Waals surface area (Å²) in [6.45, 7) is 0.415. The number of amides is 1. The first-order chi connectivity index (χ1) is 8.66. The molecule has 5 heteroatoms. The van der Waals surface area contributed by atoms with Crippen LogP contribution in [-0.4, -0.2) is 10.9 Å². The van der Waals surface area contributed by atoms with Crippen LogP contribution < -0.4 is 5.32 Å². The lowest BCUT2D eigenvalue weighted by Gasteiger charge is -2.07. The van der Waals surface area contributed by atoms with Crippen LogP contribution in [0.25, 0.3) is 0 Å². The Bertz CT molecular complexity index is 558. The predicted octanol–water partition coefficient (Wildman–Crippen LogP) is 3.54. The van der Waals surface area contributed by atoms with Crippen molar-refractivity contribution in [2.45, 2.75) is 6.54 Å². The Balaban J connectivity index is 2.06. The van der Waals surface area contributed by atoms with E-state index in [9.17, 15) is 4.79 Å². The minimum Gasteiger partial charge on any atom is -0.346 e. The van der Waals surface area contributed by atoms with Gasteiger partial charge >= 0.3 is 0 Å². The lowest BCUT2D eigenvalue weighted by Crippen LogP contribution is -2.23. The van der Waals surface area contributed by atoms with Gasteiger partial charge in [-0.05, 0) is 46.3 Å². The van der Waals surface area contributed by atoms with Crippen molar-refractivity contribution in [1.29, 1.82) is 0 Å². The van der Waals surface area contributed by atoms with Crippen LogP contribution in [0.5, 0.6) is 0 Å². The van der Waals surface area contributed by atoms with E-state index in [0.29, 0.717) is 12.1 Å². The lowest BCUT2D eigenvalue weighted by molar-refractivity contribution is 0.0949. The fourth-order valence-corrected chi connectivity index (χ4v) is 2.23. The standard InChI is InChI=1S/C13H10Br2N2O/c14-9-4-5-12(15)11(7-9)13(18)17-8-10-3-1-2-6-16-10/h1-7H,8H2,(H,17,18). The van der Waals surface area contributed by atoms with Crippen molar-refractivity contribution in [2.24, 2.45) is 0 Å². The van der Waals surface area contributed by atoms with E-state index >= 15 is 0 Å². The molecule has 0 unspecified atom stereocenters. The number of pyridine rings is 1. The molecule has 92 valence electrons. The Morgan fingerprint density at radius 3 is 2.78 bits per heavy atom. The molecule has 0 saturated carbocycles. The van der Waals surface area contributed by atoms with E-state index in [-0.39, 0.29) is 5.91 Å². The molecule has 18 heavy (non-hydrogen) atoms. The summed E-state index contributed by atoms with van der Waals surface area (Å²) < 4.78 is 1.64. The number of halogens is 2. The third kappa shape index (κ3) is 3.40. The lowest BCUT2D eigenvalue weighted by atomic mass is 10.2. The number of nitrogens with zero attached hydrogens (tertiary/aromatic N) is 1. The number of nitrogens with one attached hydrogen (secondary N) is 1. The molecule has 3 nitrogen and oxygen atoms in total. The SMILES string of the molecule is O=C(NCc1ccccn1)c1cc(Br)ccc1Br. The summed E-state index contributed by atoms with van der Waals surface area (Å²) in [5.74, 6) is -0.131. The number of hydrogen-bond donors (Lipinski definition) is 1. The molecule has 0 fully saturated rings. The highest BCUT2D eigenvalue weighted by molar-refractivity contribution is 9.11. The quantitative estimate of drug-likeness (QED) is 0.899. The van der Waals surface area contributed by atoms with Crippen molar-refractivity contribution in [2.75, 3.05) is 0 Å². The molecule has 1 aromatic carbocycles. The minimum absolute atomic E-state index is 0.131. The van der Waals surface area contributed by atoms with Gasteiger partial charge in [-0.2, -0.15) is 0 Å². The first kappa shape index (κ1) is 13.2. The first-order valence-corrected chi connectivity index (χ1v) is 6.88. The van der Waals surface area contributed by atoms with Gasteiger partial charge in [0.25, 0.3) is 5.91 Å². The average molecular weight is 370 g/mol. The molecule has 2 rings (SSSR count). The summed E-state index contributed by atoms with van der Waals surface area (Å²) in [6, 6.07) is 11.1. The van der Waals surface area contributed by atoms with Gasteiger partial charge < -0.3 is 5.32 Å². The van der Waals surface area contributed by atoms with Crippen molar-refractivity contribution in [3.05, 3.63) is 62.8 Å². The zero-order valence-electron chi connectivity index (χ0n) is 9.36. The number of rotatable bonds is 3. The second-order valence-corrected chi connectivity index (χ2v) is 5.40. The molecule has 0 aliphatic carbocycles. The fourth-order valence-electron chi connectivity index (χ4n) is 1.44. The summed E-state index contributed by atoms with van der Waals surface area (Å²) in [5.41, 5.74) is 1.43. The summed E-state index contributed by atoms with van der Waals surface area (Å²) >= 11 is 6.71. The molecule has 0 spiro atoms. The Morgan fingerprint density at radius 1 is 1.22 bits per heavy atom. The highest BCUT2D eigenvalue weighted by atomic mass is 79.9. The topological polar surface area (TPSA) is 42.0 Å². The van der Waals surface area contributed by atoms with Crippen molar-refractivity contribution in [3.63, 3.8) is 0 Å². The van der Waals surface area contributed by atoms with Crippen LogP contribution in [0.1, 0.15) is 16.1 Å². The van der Waals surface area contributed by atoms with Crippen LogP contribution in [0, 0.1) is 0 Å². The fraction of sp³-hybridized carbons (Fsp3) is 0.0769. The Hall–Kier alpha value is -1.20. The van der Waals surface area contributed by atoms with Gasteiger partial charge in [-0.1, -0.05) is 22.0 Å². The van der Waals surface area contributed by atoms with E-state index in [1.807, 2.05) is 30.3 Å². The second-order valence-electron chi connectivity index (χ2n) is 3.63.